The van der Waals surface area contributed by atoms with E-state index in [-0.39, 0.29) is 0 Å². The Balaban J connectivity index is 2.55. The molecule has 0 heterocycles. The van der Waals surface area contributed by atoms with Crippen LogP contribution >= 0.6 is 0 Å². The summed E-state index contributed by atoms with van der Waals surface area (Å²) >= 11 is 0. The lowest BCUT2D eigenvalue weighted by Crippen LogP contribution is -2.12. The molecule has 0 saturated heterocycles. The SMILES string of the molecule is CCCCCCCCCC/C=C/C(=Nc1cc(CCCCC)cc(CCCCC)c1)C(CCCC)=Nc1cc(CCCCC)cc(CCCCC)c1. The topological polar surface area (TPSA) is 24.7 Å². The normalized spacial score (nSPS) is 12.4. The second kappa shape index (κ2) is 30.9. The highest BCUT2D eigenvalue weighted by Crippen LogP contribution is 2.26. The van der Waals surface area contributed by atoms with Gasteiger partial charge in [-0.25, -0.2) is 4.99 Å². The molecule has 0 saturated carbocycles. The van der Waals surface area contributed by atoms with Crippen LogP contribution in [-0.4, -0.2) is 11.4 Å². The average Bonchev–Trinajstić information content (AvgIpc) is 3.14. The fourth-order valence-corrected chi connectivity index (χ4v) is 7.18. The van der Waals surface area contributed by atoms with E-state index in [4.69, 9.17) is 9.98 Å². The molecule has 0 aromatic heterocycles. The van der Waals surface area contributed by atoms with Gasteiger partial charge in [0, 0.05) is 0 Å². The summed E-state index contributed by atoms with van der Waals surface area (Å²) in [6.07, 6.45) is 39.7. The van der Waals surface area contributed by atoms with Crippen LogP contribution in [0.15, 0.2) is 58.5 Å². The van der Waals surface area contributed by atoms with E-state index in [1.807, 2.05) is 0 Å². The van der Waals surface area contributed by atoms with E-state index in [9.17, 15) is 0 Å². The lowest BCUT2D eigenvalue weighted by Gasteiger charge is -2.12. The molecule has 0 radical (unpaired) electrons. The third kappa shape index (κ3) is 21.3. The summed E-state index contributed by atoms with van der Waals surface area (Å²) in [6.45, 7) is 13.8. The summed E-state index contributed by atoms with van der Waals surface area (Å²) in [5.41, 5.74) is 10.3. The van der Waals surface area contributed by atoms with E-state index < -0.39 is 0 Å². The van der Waals surface area contributed by atoms with Crippen molar-refractivity contribution in [3.63, 3.8) is 0 Å². The van der Waals surface area contributed by atoms with Gasteiger partial charge < -0.3 is 0 Å². The van der Waals surface area contributed by atoms with Crippen LogP contribution in [0.25, 0.3) is 0 Å². The van der Waals surface area contributed by atoms with Crippen LogP contribution in [0.5, 0.6) is 0 Å². The van der Waals surface area contributed by atoms with Crippen molar-refractivity contribution in [2.24, 2.45) is 9.98 Å². The summed E-state index contributed by atoms with van der Waals surface area (Å²) in [5.74, 6) is 0. The maximum absolute atomic E-state index is 5.54. The minimum absolute atomic E-state index is 0.961. The van der Waals surface area contributed by atoms with Gasteiger partial charge in [0.1, 0.15) is 0 Å². The first-order chi connectivity index (χ1) is 25.6. The average molecular weight is 711 g/mol. The molecule has 0 aliphatic rings. The quantitative estimate of drug-likeness (QED) is 0.0533. The maximum Gasteiger partial charge on any atom is 0.0848 e. The smallest absolute Gasteiger partial charge is 0.0848 e. The Morgan fingerprint density at radius 1 is 0.404 bits per heavy atom. The van der Waals surface area contributed by atoms with Gasteiger partial charge in [-0.3, -0.25) is 4.99 Å². The molecule has 2 aromatic rings. The fourth-order valence-electron chi connectivity index (χ4n) is 7.18. The van der Waals surface area contributed by atoms with E-state index >= 15 is 0 Å². The van der Waals surface area contributed by atoms with Crippen molar-refractivity contribution < 1.29 is 0 Å². The zero-order valence-corrected chi connectivity index (χ0v) is 35.3. The van der Waals surface area contributed by atoms with Gasteiger partial charge in [0.15, 0.2) is 0 Å². The number of aliphatic imine (C=N–C) groups is 2. The Hall–Kier alpha value is -2.48. The molecule has 0 N–H and O–H groups in total. The Morgan fingerprint density at radius 2 is 0.769 bits per heavy atom. The summed E-state index contributed by atoms with van der Waals surface area (Å²) in [4.78, 5) is 11.1. The van der Waals surface area contributed by atoms with Gasteiger partial charge in [-0.1, -0.05) is 162 Å². The summed E-state index contributed by atoms with van der Waals surface area (Å²) in [6, 6.07) is 14.5. The summed E-state index contributed by atoms with van der Waals surface area (Å²) in [5, 5.41) is 0. The number of rotatable bonds is 32. The molecule has 2 heteroatoms. The molecule has 2 nitrogen and oxygen atoms in total. The van der Waals surface area contributed by atoms with Crippen molar-refractivity contribution in [3.05, 3.63) is 70.8 Å². The number of hydrogen-bond acceptors (Lipinski definition) is 2. The van der Waals surface area contributed by atoms with Crippen LogP contribution in [0.2, 0.25) is 0 Å². The van der Waals surface area contributed by atoms with Crippen LogP contribution in [0.3, 0.4) is 0 Å². The number of hydrogen-bond donors (Lipinski definition) is 0. The van der Waals surface area contributed by atoms with Gasteiger partial charge in [0.2, 0.25) is 0 Å². The van der Waals surface area contributed by atoms with Crippen molar-refractivity contribution in [1.29, 1.82) is 0 Å². The molecule has 2 rings (SSSR count). The number of aryl methyl sites for hydroxylation is 4. The monoisotopic (exact) mass is 711 g/mol. The van der Waals surface area contributed by atoms with Crippen LogP contribution < -0.4 is 0 Å². The molecule has 0 amide bonds. The molecule has 0 spiro atoms. The van der Waals surface area contributed by atoms with Crippen LogP contribution in [0.1, 0.15) is 218 Å². The highest BCUT2D eigenvalue weighted by molar-refractivity contribution is 6.47. The second-order valence-electron chi connectivity index (χ2n) is 15.7. The van der Waals surface area contributed by atoms with Gasteiger partial charge in [0.25, 0.3) is 0 Å². The lowest BCUT2D eigenvalue weighted by atomic mass is 9.99. The molecule has 0 atom stereocenters. The molecule has 0 fully saturated rings. The first-order valence-electron chi connectivity index (χ1n) is 22.6. The van der Waals surface area contributed by atoms with Crippen LogP contribution in [-0.2, 0) is 25.7 Å². The molecule has 2 aromatic carbocycles. The van der Waals surface area contributed by atoms with Gasteiger partial charge in [-0.15, -0.1) is 0 Å². The van der Waals surface area contributed by atoms with Crippen molar-refractivity contribution in [3.8, 4) is 0 Å². The van der Waals surface area contributed by atoms with Crippen molar-refractivity contribution in [1.82, 2.24) is 0 Å². The Labute approximate surface area is 323 Å². The van der Waals surface area contributed by atoms with E-state index in [1.54, 1.807) is 0 Å². The fraction of sp³-hybridized carbons (Fsp3) is 0.680. The molecule has 0 bridgehead atoms. The maximum atomic E-state index is 5.54. The lowest BCUT2D eigenvalue weighted by molar-refractivity contribution is 0.577. The molecule has 0 unspecified atom stereocenters. The van der Waals surface area contributed by atoms with Gasteiger partial charge >= 0.3 is 0 Å². The molecular weight excluding hydrogens is 629 g/mol. The third-order valence-electron chi connectivity index (χ3n) is 10.4. The number of unbranched alkanes of at least 4 members (excludes halogenated alkanes) is 17. The largest absolute Gasteiger partial charge is 0.251 e. The van der Waals surface area contributed by atoms with Crippen molar-refractivity contribution >= 4 is 22.8 Å². The summed E-state index contributed by atoms with van der Waals surface area (Å²) in [7, 11) is 0. The summed E-state index contributed by atoms with van der Waals surface area (Å²) < 4.78 is 0. The van der Waals surface area contributed by atoms with Crippen LogP contribution in [0.4, 0.5) is 11.4 Å². The second-order valence-corrected chi connectivity index (χ2v) is 15.7. The zero-order chi connectivity index (χ0) is 37.5. The first-order valence-corrected chi connectivity index (χ1v) is 22.6. The number of benzene rings is 2. The molecule has 0 aliphatic heterocycles. The van der Waals surface area contributed by atoms with Gasteiger partial charge in [-0.2, -0.15) is 0 Å². The molecule has 52 heavy (non-hydrogen) atoms. The third-order valence-corrected chi connectivity index (χ3v) is 10.4. The molecule has 292 valence electrons. The predicted molar refractivity (Wildman–Crippen MR) is 236 cm³/mol. The Kier molecular flexibility index (Phi) is 27.2. The predicted octanol–water partition coefficient (Wildman–Crippen LogP) is 16.7. The molecular formula is C50H82N2. The van der Waals surface area contributed by atoms with Crippen molar-refractivity contribution in [2.45, 2.75) is 221 Å². The Bertz CT molecular complexity index is 1210. The molecule has 0 aliphatic carbocycles. The van der Waals surface area contributed by atoms with E-state index in [0.717, 1.165) is 74.2 Å². The zero-order valence-electron chi connectivity index (χ0n) is 35.3. The van der Waals surface area contributed by atoms with Crippen molar-refractivity contribution in [2.75, 3.05) is 0 Å². The van der Waals surface area contributed by atoms with Crippen LogP contribution in [0, 0.1) is 0 Å². The van der Waals surface area contributed by atoms with E-state index in [1.165, 1.54) is 151 Å². The Morgan fingerprint density at radius 3 is 1.19 bits per heavy atom. The number of nitrogens with zero attached hydrogens (tertiary/aromatic N) is 2. The van der Waals surface area contributed by atoms with E-state index in [2.05, 4.69) is 90.1 Å². The minimum atomic E-state index is 0.961. The first kappa shape index (κ1) is 45.7. The standard InChI is InChI=1S/C50H82N2/c1-7-13-19-20-21-22-23-24-25-30-36-50(52-48-41-45(33-28-16-10-4)38-46(42-48)34-29-17-11-5)49(35-18-12-6)51-47-39-43(31-26-14-8-2)37-44(40-47)32-27-15-9-3/h30,36-42H,7-29,31-35H2,1-6H3/b36-30+,51-49?,52-50?. The van der Waals surface area contributed by atoms with E-state index in [0.29, 0.717) is 0 Å². The highest BCUT2D eigenvalue weighted by atomic mass is 14.8. The van der Waals surface area contributed by atoms with Gasteiger partial charge in [0.05, 0.1) is 22.8 Å². The number of allylic oxidation sites excluding steroid dienone is 2. The highest BCUT2D eigenvalue weighted by Gasteiger charge is 2.11. The minimum Gasteiger partial charge on any atom is -0.251 e. The van der Waals surface area contributed by atoms with Gasteiger partial charge in [-0.05, 0) is 130 Å².